The van der Waals surface area contributed by atoms with Gasteiger partial charge >= 0.3 is 0 Å². The highest BCUT2D eigenvalue weighted by molar-refractivity contribution is 5.92. The number of methoxy groups -OCH3 is 1. The third-order valence-electron chi connectivity index (χ3n) is 4.57. The smallest absolute Gasteiger partial charge is 0.279 e. The standard InChI is InChI=1S/C21H24N4O2/c1-14-20(15(2)25-24-14)23-19(26)13-22-21(16-7-5-4-6-8-16)17-9-11-18(27-3)12-10-17/h4-12,21-22H,13H2,1-3H3,(H,23,26)(H,24,25)/p+1/t21-/m1/s1. The number of hydrogen-bond donors (Lipinski definition) is 3. The number of amides is 1. The van der Waals surface area contributed by atoms with Gasteiger partial charge in [0.2, 0.25) is 0 Å². The second-order valence-electron chi connectivity index (χ2n) is 6.46. The van der Waals surface area contributed by atoms with E-state index in [2.05, 4.69) is 27.6 Å². The quantitative estimate of drug-likeness (QED) is 0.601. The molecule has 0 saturated carbocycles. The Labute approximate surface area is 159 Å². The van der Waals surface area contributed by atoms with Crippen LogP contribution in [-0.4, -0.2) is 29.8 Å². The van der Waals surface area contributed by atoms with Gasteiger partial charge in [0.25, 0.3) is 5.91 Å². The third kappa shape index (κ3) is 4.54. The fraction of sp³-hybridized carbons (Fsp3) is 0.238. The molecule has 0 unspecified atom stereocenters. The Morgan fingerprint density at radius 1 is 1.11 bits per heavy atom. The first-order valence-electron chi connectivity index (χ1n) is 8.92. The lowest BCUT2D eigenvalue weighted by molar-refractivity contribution is -0.676. The van der Waals surface area contributed by atoms with Crippen LogP contribution < -0.4 is 15.4 Å². The number of nitrogens with zero attached hydrogens (tertiary/aromatic N) is 1. The summed E-state index contributed by atoms with van der Waals surface area (Å²) in [6, 6.07) is 18.1. The lowest BCUT2D eigenvalue weighted by atomic mass is 9.98. The molecule has 3 rings (SSSR count). The maximum absolute atomic E-state index is 12.5. The van der Waals surface area contributed by atoms with Crippen molar-refractivity contribution < 1.29 is 14.8 Å². The van der Waals surface area contributed by atoms with Crippen molar-refractivity contribution in [2.45, 2.75) is 19.9 Å². The van der Waals surface area contributed by atoms with Gasteiger partial charge in [0.15, 0.2) is 6.54 Å². The van der Waals surface area contributed by atoms with E-state index in [-0.39, 0.29) is 11.9 Å². The van der Waals surface area contributed by atoms with Crippen molar-refractivity contribution in [3.63, 3.8) is 0 Å². The van der Waals surface area contributed by atoms with E-state index in [1.165, 1.54) is 0 Å². The Morgan fingerprint density at radius 2 is 1.78 bits per heavy atom. The number of rotatable bonds is 7. The van der Waals surface area contributed by atoms with Crippen LogP contribution in [0.25, 0.3) is 0 Å². The van der Waals surface area contributed by atoms with Crippen molar-refractivity contribution >= 4 is 11.6 Å². The Kier molecular flexibility index (Phi) is 5.88. The van der Waals surface area contributed by atoms with Gasteiger partial charge in [-0.2, -0.15) is 5.10 Å². The van der Waals surface area contributed by atoms with Crippen molar-refractivity contribution in [2.75, 3.05) is 19.0 Å². The maximum Gasteiger partial charge on any atom is 0.279 e. The maximum atomic E-state index is 12.5. The number of benzene rings is 2. The molecule has 0 fully saturated rings. The summed E-state index contributed by atoms with van der Waals surface area (Å²) in [5, 5.41) is 12.0. The van der Waals surface area contributed by atoms with E-state index in [9.17, 15) is 4.79 Å². The van der Waals surface area contributed by atoms with E-state index in [1.807, 2.05) is 61.6 Å². The molecule has 27 heavy (non-hydrogen) atoms. The SMILES string of the molecule is COc1ccc([C@H]([NH2+]CC(=O)Nc2c(C)n[nH]c2C)c2ccccc2)cc1. The number of aromatic nitrogens is 2. The van der Waals surface area contributed by atoms with Crippen LogP contribution in [0.4, 0.5) is 5.69 Å². The van der Waals surface area contributed by atoms with Gasteiger partial charge in [0.1, 0.15) is 11.8 Å². The monoisotopic (exact) mass is 365 g/mol. The second-order valence-corrected chi connectivity index (χ2v) is 6.46. The summed E-state index contributed by atoms with van der Waals surface area (Å²) < 4.78 is 5.25. The van der Waals surface area contributed by atoms with Gasteiger partial charge in [-0.3, -0.25) is 9.89 Å². The molecule has 0 radical (unpaired) electrons. The number of anilines is 1. The van der Waals surface area contributed by atoms with Crippen LogP contribution >= 0.6 is 0 Å². The molecule has 1 aromatic heterocycles. The summed E-state index contributed by atoms with van der Waals surface area (Å²) in [4.78, 5) is 12.5. The second kappa shape index (κ2) is 8.51. The van der Waals surface area contributed by atoms with Crippen LogP contribution in [0.5, 0.6) is 5.75 Å². The zero-order chi connectivity index (χ0) is 19.2. The minimum Gasteiger partial charge on any atom is -0.497 e. The number of aromatic amines is 1. The minimum absolute atomic E-state index is 0.0226. The predicted octanol–water partition coefficient (Wildman–Crippen LogP) is 2.33. The van der Waals surface area contributed by atoms with Crippen LogP contribution in [0.1, 0.15) is 28.6 Å². The first-order valence-corrected chi connectivity index (χ1v) is 8.92. The summed E-state index contributed by atoms with van der Waals surface area (Å²) in [6.45, 7) is 4.06. The fourth-order valence-electron chi connectivity index (χ4n) is 3.09. The molecule has 0 spiro atoms. The summed E-state index contributed by atoms with van der Waals surface area (Å²) in [6.07, 6.45) is 0. The summed E-state index contributed by atoms with van der Waals surface area (Å²) in [7, 11) is 1.65. The molecule has 0 aliphatic rings. The summed E-state index contributed by atoms with van der Waals surface area (Å²) in [5.41, 5.74) is 4.66. The molecule has 0 aliphatic carbocycles. The molecule has 6 nitrogen and oxygen atoms in total. The number of nitrogens with two attached hydrogens (primary N) is 1. The molecule has 3 aromatic rings. The molecule has 6 heteroatoms. The molecule has 2 aromatic carbocycles. The number of hydrogen-bond acceptors (Lipinski definition) is 3. The molecule has 1 atom stereocenters. The highest BCUT2D eigenvalue weighted by Gasteiger charge is 2.20. The average molecular weight is 365 g/mol. The van der Waals surface area contributed by atoms with Gasteiger partial charge in [-0.05, 0) is 38.1 Å². The first kappa shape index (κ1) is 18.7. The molecular formula is C21H25N4O2+. The average Bonchev–Trinajstić information content (AvgIpc) is 3.01. The first-order chi connectivity index (χ1) is 13.1. The van der Waals surface area contributed by atoms with Crippen LogP contribution in [-0.2, 0) is 4.79 Å². The van der Waals surface area contributed by atoms with E-state index < -0.39 is 0 Å². The number of carbonyl (C=O) groups is 1. The Bertz CT molecular complexity index is 869. The van der Waals surface area contributed by atoms with Crippen molar-refractivity contribution in [3.05, 3.63) is 77.1 Å². The molecule has 0 bridgehead atoms. The third-order valence-corrected chi connectivity index (χ3v) is 4.57. The number of aryl methyl sites for hydroxylation is 2. The van der Waals surface area contributed by atoms with Crippen molar-refractivity contribution in [1.82, 2.24) is 10.2 Å². The fourth-order valence-corrected chi connectivity index (χ4v) is 3.09. The van der Waals surface area contributed by atoms with Crippen LogP contribution in [0.15, 0.2) is 54.6 Å². The molecule has 140 valence electrons. The highest BCUT2D eigenvalue weighted by Crippen LogP contribution is 2.21. The lowest BCUT2D eigenvalue weighted by Crippen LogP contribution is -2.87. The van der Waals surface area contributed by atoms with Crippen LogP contribution in [0, 0.1) is 13.8 Å². The zero-order valence-electron chi connectivity index (χ0n) is 15.8. The largest absolute Gasteiger partial charge is 0.497 e. The molecule has 1 heterocycles. The van der Waals surface area contributed by atoms with E-state index in [0.717, 1.165) is 34.0 Å². The normalized spacial score (nSPS) is 11.8. The van der Waals surface area contributed by atoms with Crippen LogP contribution in [0.2, 0.25) is 0 Å². The molecule has 0 aliphatic heterocycles. The molecular weight excluding hydrogens is 340 g/mol. The van der Waals surface area contributed by atoms with Gasteiger partial charge < -0.3 is 15.4 Å². The van der Waals surface area contributed by atoms with Gasteiger partial charge in [0.05, 0.1) is 24.2 Å². The molecule has 1 amide bonds. The number of carbonyl (C=O) groups excluding carboxylic acids is 1. The molecule has 0 saturated heterocycles. The van der Waals surface area contributed by atoms with Gasteiger partial charge in [-0.15, -0.1) is 0 Å². The van der Waals surface area contributed by atoms with Crippen LogP contribution in [0.3, 0.4) is 0 Å². The Morgan fingerprint density at radius 3 is 2.37 bits per heavy atom. The Hall–Kier alpha value is -3.12. The Balaban J connectivity index is 1.74. The number of nitrogens with one attached hydrogen (secondary N) is 2. The zero-order valence-corrected chi connectivity index (χ0v) is 15.8. The van der Waals surface area contributed by atoms with Gasteiger partial charge in [-0.1, -0.05) is 30.3 Å². The summed E-state index contributed by atoms with van der Waals surface area (Å²) in [5.74, 6) is 0.756. The van der Waals surface area contributed by atoms with Crippen molar-refractivity contribution in [2.24, 2.45) is 0 Å². The minimum atomic E-state index is -0.0583. The van der Waals surface area contributed by atoms with E-state index >= 15 is 0 Å². The number of quaternary nitrogens is 1. The predicted molar refractivity (Wildman–Crippen MR) is 105 cm³/mol. The topological polar surface area (TPSA) is 83.6 Å². The molecule has 4 N–H and O–H groups in total. The highest BCUT2D eigenvalue weighted by atomic mass is 16.5. The summed E-state index contributed by atoms with van der Waals surface area (Å²) >= 11 is 0. The van der Waals surface area contributed by atoms with E-state index in [1.54, 1.807) is 7.11 Å². The lowest BCUT2D eigenvalue weighted by Gasteiger charge is -2.17. The van der Waals surface area contributed by atoms with Crippen molar-refractivity contribution in [3.8, 4) is 5.75 Å². The van der Waals surface area contributed by atoms with Gasteiger partial charge in [-0.25, -0.2) is 0 Å². The van der Waals surface area contributed by atoms with Crippen molar-refractivity contribution in [1.29, 1.82) is 0 Å². The van der Waals surface area contributed by atoms with Gasteiger partial charge in [0, 0.05) is 11.1 Å². The van der Waals surface area contributed by atoms with E-state index in [0.29, 0.717) is 6.54 Å². The number of H-pyrrole nitrogens is 1. The van der Waals surface area contributed by atoms with E-state index in [4.69, 9.17) is 4.74 Å². The number of ether oxygens (including phenoxy) is 1.